The van der Waals surface area contributed by atoms with Crippen molar-refractivity contribution in [3.63, 3.8) is 0 Å². The molecule has 0 atom stereocenters. The van der Waals surface area contributed by atoms with Gasteiger partial charge in [0, 0.05) is 17.2 Å². The minimum Gasteiger partial charge on any atom is -0.335 e. The summed E-state index contributed by atoms with van der Waals surface area (Å²) in [6.45, 7) is 0. The van der Waals surface area contributed by atoms with Crippen molar-refractivity contribution in [2.75, 3.05) is 7.11 Å². The molecule has 1 saturated carbocycles. The maximum Gasteiger partial charge on any atom is 0.275 e. The van der Waals surface area contributed by atoms with Crippen molar-refractivity contribution in [2.45, 2.75) is 18.8 Å². The summed E-state index contributed by atoms with van der Waals surface area (Å²) >= 11 is 0. The van der Waals surface area contributed by atoms with Crippen LogP contribution in [0.1, 0.15) is 34.8 Å². The van der Waals surface area contributed by atoms with E-state index in [0.717, 1.165) is 24.1 Å². The fourth-order valence-electron chi connectivity index (χ4n) is 2.68. The number of amides is 1. The summed E-state index contributed by atoms with van der Waals surface area (Å²) in [5, 5.41) is 4.74. The van der Waals surface area contributed by atoms with Gasteiger partial charge in [-0.05, 0) is 18.9 Å². The number of hydrogen-bond acceptors (Lipinski definition) is 5. The first-order valence-electron chi connectivity index (χ1n) is 7.47. The molecule has 0 bridgehead atoms. The molecular formula is C17H15N3O3. The number of pyridine rings is 1. The van der Waals surface area contributed by atoms with E-state index in [1.54, 1.807) is 0 Å². The van der Waals surface area contributed by atoms with Gasteiger partial charge in [0.2, 0.25) is 0 Å². The van der Waals surface area contributed by atoms with Gasteiger partial charge >= 0.3 is 0 Å². The molecule has 1 aromatic carbocycles. The quantitative estimate of drug-likeness (QED) is 0.749. The van der Waals surface area contributed by atoms with Crippen molar-refractivity contribution in [1.82, 2.24) is 15.6 Å². The third-order valence-electron chi connectivity index (χ3n) is 3.95. The van der Waals surface area contributed by atoms with E-state index in [0.29, 0.717) is 28.3 Å². The maximum atomic E-state index is 12.4. The molecule has 0 spiro atoms. The Kier molecular flexibility index (Phi) is 3.31. The van der Waals surface area contributed by atoms with Crippen LogP contribution in [0.3, 0.4) is 0 Å². The molecule has 1 aliphatic carbocycles. The number of benzene rings is 1. The predicted molar refractivity (Wildman–Crippen MR) is 83.7 cm³/mol. The number of fused-ring (bicyclic) bond motifs is 1. The van der Waals surface area contributed by atoms with Gasteiger partial charge in [-0.2, -0.15) is 0 Å². The Morgan fingerprint density at radius 2 is 2.09 bits per heavy atom. The molecule has 2 heterocycles. The third kappa shape index (κ3) is 2.47. The monoisotopic (exact) mass is 309 g/mol. The first-order chi connectivity index (χ1) is 11.3. The lowest BCUT2D eigenvalue weighted by Gasteiger charge is -2.06. The largest absolute Gasteiger partial charge is 0.335 e. The van der Waals surface area contributed by atoms with Crippen LogP contribution in [0.15, 0.2) is 40.9 Å². The van der Waals surface area contributed by atoms with Crippen molar-refractivity contribution in [2.24, 2.45) is 0 Å². The van der Waals surface area contributed by atoms with Crippen LogP contribution >= 0.6 is 0 Å². The normalized spacial score (nSPS) is 14.1. The first kappa shape index (κ1) is 13.9. The standard InChI is InChI=1S/C17H15N3O3/c1-22-20-16(21)12-9-13(10-7-8-10)18-17-14(12)15(19-23-17)11-5-3-2-4-6-11/h2-6,9-10H,7-8H2,1H3,(H,20,21). The summed E-state index contributed by atoms with van der Waals surface area (Å²) in [6.07, 6.45) is 2.17. The van der Waals surface area contributed by atoms with E-state index in [-0.39, 0.29) is 5.91 Å². The predicted octanol–water partition coefficient (Wildman–Crippen LogP) is 3.06. The molecule has 1 amide bonds. The molecule has 6 heteroatoms. The zero-order valence-electron chi connectivity index (χ0n) is 12.6. The lowest BCUT2D eigenvalue weighted by atomic mass is 10.0. The van der Waals surface area contributed by atoms with Crippen LogP contribution in [0.4, 0.5) is 0 Å². The first-order valence-corrected chi connectivity index (χ1v) is 7.47. The molecule has 2 aromatic heterocycles. The number of aromatic nitrogens is 2. The number of carbonyl (C=O) groups is 1. The Balaban J connectivity index is 1.94. The van der Waals surface area contributed by atoms with Gasteiger partial charge in [0.15, 0.2) is 0 Å². The van der Waals surface area contributed by atoms with E-state index in [1.165, 1.54) is 7.11 Å². The van der Waals surface area contributed by atoms with Crippen LogP contribution < -0.4 is 5.48 Å². The fraction of sp³-hybridized carbons (Fsp3) is 0.235. The van der Waals surface area contributed by atoms with Crippen LogP contribution in [-0.2, 0) is 4.84 Å². The molecule has 1 N–H and O–H groups in total. The maximum absolute atomic E-state index is 12.4. The SMILES string of the molecule is CONC(=O)c1cc(C2CC2)nc2onc(-c3ccccc3)c12. The Morgan fingerprint density at radius 1 is 1.30 bits per heavy atom. The molecular weight excluding hydrogens is 294 g/mol. The van der Waals surface area contributed by atoms with Crippen LogP contribution in [0.25, 0.3) is 22.4 Å². The van der Waals surface area contributed by atoms with Gasteiger partial charge in [0.25, 0.3) is 11.6 Å². The highest BCUT2D eigenvalue weighted by Crippen LogP contribution is 2.41. The summed E-state index contributed by atoms with van der Waals surface area (Å²) in [4.78, 5) is 21.7. The zero-order chi connectivity index (χ0) is 15.8. The van der Waals surface area contributed by atoms with Crippen molar-refractivity contribution in [3.05, 3.63) is 47.7 Å². The second-order valence-electron chi connectivity index (χ2n) is 5.58. The smallest absolute Gasteiger partial charge is 0.275 e. The van der Waals surface area contributed by atoms with Crippen LogP contribution in [0.5, 0.6) is 0 Å². The molecule has 23 heavy (non-hydrogen) atoms. The van der Waals surface area contributed by atoms with Crippen LogP contribution in [0, 0.1) is 0 Å². The van der Waals surface area contributed by atoms with Crippen LogP contribution in [-0.4, -0.2) is 23.2 Å². The molecule has 0 unspecified atom stereocenters. The lowest BCUT2D eigenvalue weighted by Crippen LogP contribution is -2.22. The minimum absolute atomic E-state index is 0.331. The average molecular weight is 309 g/mol. The molecule has 1 aliphatic rings. The summed E-state index contributed by atoms with van der Waals surface area (Å²) in [5.41, 5.74) is 5.58. The van der Waals surface area contributed by atoms with Gasteiger partial charge in [0.1, 0.15) is 5.69 Å². The minimum atomic E-state index is -0.331. The average Bonchev–Trinajstić information content (AvgIpc) is 3.34. The summed E-state index contributed by atoms with van der Waals surface area (Å²) in [6, 6.07) is 11.4. The Hall–Kier alpha value is -2.73. The van der Waals surface area contributed by atoms with E-state index >= 15 is 0 Å². The van der Waals surface area contributed by atoms with Gasteiger partial charge in [-0.25, -0.2) is 10.5 Å². The second-order valence-corrected chi connectivity index (χ2v) is 5.58. The van der Waals surface area contributed by atoms with Crippen molar-refractivity contribution < 1.29 is 14.2 Å². The lowest BCUT2D eigenvalue weighted by molar-refractivity contribution is 0.0539. The number of hydrogen-bond donors (Lipinski definition) is 1. The molecule has 0 aliphatic heterocycles. The molecule has 6 nitrogen and oxygen atoms in total. The molecule has 116 valence electrons. The highest BCUT2D eigenvalue weighted by Gasteiger charge is 2.29. The van der Waals surface area contributed by atoms with Gasteiger partial charge in [-0.3, -0.25) is 9.63 Å². The molecule has 0 radical (unpaired) electrons. The third-order valence-corrected chi connectivity index (χ3v) is 3.95. The van der Waals surface area contributed by atoms with Crippen molar-refractivity contribution in [1.29, 1.82) is 0 Å². The number of rotatable bonds is 4. The Bertz CT molecular complexity index is 869. The van der Waals surface area contributed by atoms with E-state index in [4.69, 9.17) is 9.36 Å². The van der Waals surface area contributed by atoms with E-state index < -0.39 is 0 Å². The van der Waals surface area contributed by atoms with E-state index in [9.17, 15) is 4.79 Å². The van der Waals surface area contributed by atoms with Crippen molar-refractivity contribution >= 4 is 17.0 Å². The number of nitrogens with zero attached hydrogens (tertiary/aromatic N) is 2. The molecule has 3 aromatic rings. The number of hydroxylamine groups is 1. The van der Waals surface area contributed by atoms with Gasteiger partial charge in [-0.1, -0.05) is 35.5 Å². The number of nitrogens with one attached hydrogen (secondary N) is 1. The number of carbonyl (C=O) groups excluding carboxylic acids is 1. The fourth-order valence-corrected chi connectivity index (χ4v) is 2.68. The van der Waals surface area contributed by atoms with Gasteiger partial charge in [0.05, 0.1) is 18.1 Å². The molecule has 0 saturated heterocycles. The molecule has 1 fully saturated rings. The summed E-state index contributed by atoms with van der Waals surface area (Å²) in [5.74, 6) is 0.0703. The Labute approximate surface area is 132 Å². The Morgan fingerprint density at radius 3 is 2.78 bits per heavy atom. The zero-order valence-corrected chi connectivity index (χ0v) is 12.6. The topological polar surface area (TPSA) is 77.2 Å². The summed E-state index contributed by atoms with van der Waals surface area (Å²) < 4.78 is 5.41. The second kappa shape index (κ2) is 5.48. The highest BCUT2D eigenvalue weighted by atomic mass is 16.6. The van der Waals surface area contributed by atoms with E-state index in [1.807, 2.05) is 36.4 Å². The van der Waals surface area contributed by atoms with E-state index in [2.05, 4.69) is 15.6 Å². The van der Waals surface area contributed by atoms with Crippen molar-refractivity contribution in [3.8, 4) is 11.3 Å². The molecule has 4 rings (SSSR count). The highest BCUT2D eigenvalue weighted by molar-refractivity contribution is 6.09. The van der Waals surface area contributed by atoms with Gasteiger partial charge in [-0.15, -0.1) is 0 Å². The van der Waals surface area contributed by atoms with Gasteiger partial charge < -0.3 is 4.52 Å². The summed E-state index contributed by atoms with van der Waals surface area (Å²) in [7, 11) is 1.41. The van der Waals surface area contributed by atoms with Crippen LogP contribution in [0.2, 0.25) is 0 Å².